The van der Waals surface area contributed by atoms with Gasteiger partial charge in [-0.05, 0) is 18.2 Å². The Labute approximate surface area is 91.9 Å². The van der Waals surface area contributed by atoms with Gasteiger partial charge in [0.1, 0.15) is 10.8 Å². The fraction of sp³-hybridized carbons (Fsp3) is 0. The number of benzene rings is 1. The number of nitrogens with two attached hydrogens (primary N) is 1. The van der Waals surface area contributed by atoms with Crippen LogP contribution in [0.1, 0.15) is 0 Å². The zero-order valence-electron chi connectivity index (χ0n) is 6.87. The lowest BCUT2D eigenvalue weighted by Crippen LogP contribution is -1.81. The molecule has 0 aliphatic rings. The molecule has 14 heavy (non-hydrogen) atoms. The second kappa shape index (κ2) is 3.62. The van der Waals surface area contributed by atoms with Crippen molar-refractivity contribution in [3.05, 3.63) is 28.5 Å². The summed E-state index contributed by atoms with van der Waals surface area (Å²) in [6, 6.07) is 4.54. The van der Waals surface area contributed by atoms with Crippen LogP contribution in [0.2, 0.25) is 0 Å². The van der Waals surface area contributed by atoms with Crippen LogP contribution < -0.4 is 5.73 Å². The highest BCUT2D eigenvalue weighted by molar-refractivity contribution is 9.10. The van der Waals surface area contributed by atoms with Gasteiger partial charge in [-0.1, -0.05) is 27.3 Å². The summed E-state index contributed by atoms with van der Waals surface area (Å²) < 4.78 is 13.7. The van der Waals surface area contributed by atoms with Crippen molar-refractivity contribution >= 4 is 32.4 Å². The van der Waals surface area contributed by atoms with Crippen molar-refractivity contribution in [3.63, 3.8) is 0 Å². The molecular weight excluding hydrogens is 269 g/mol. The molecular formula is C8H5BrFN3S. The van der Waals surface area contributed by atoms with Gasteiger partial charge in [-0.15, -0.1) is 10.2 Å². The van der Waals surface area contributed by atoms with Crippen molar-refractivity contribution in [1.82, 2.24) is 10.2 Å². The first-order valence-corrected chi connectivity index (χ1v) is 5.31. The average molecular weight is 274 g/mol. The van der Waals surface area contributed by atoms with Crippen LogP contribution in [-0.2, 0) is 0 Å². The highest BCUT2D eigenvalue weighted by Gasteiger charge is 2.06. The second-order valence-corrected chi connectivity index (χ2v) is 4.53. The molecule has 0 amide bonds. The van der Waals surface area contributed by atoms with Gasteiger partial charge in [0.25, 0.3) is 0 Å². The maximum atomic E-state index is 13.0. The van der Waals surface area contributed by atoms with E-state index < -0.39 is 0 Å². The SMILES string of the molecule is Nc1nnc(-c2cc(F)cc(Br)c2)s1. The van der Waals surface area contributed by atoms with Crippen LogP contribution >= 0.6 is 27.3 Å². The zero-order valence-corrected chi connectivity index (χ0v) is 9.27. The lowest BCUT2D eigenvalue weighted by atomic mass is 10.2. The van der Waals surface area contributed by atoms with Crippen LogP contribution in [0.15, 0.2) is 22.7 Å². The number of hydrogen-bond acceptors (Lipinski definition) is 4. The fourth-order valence-electron chi connectivity index (χ4n) is 1.03. The van der Waals surface area contributed by atoms with Crippen molar-refractivity contribution in [2.45, 2.75) is 0 Å². The van der Waals surface area contributed by atoms with Crippen LogP contribution in [0, 0.1) is 5.82 Å². The molecule has 72 valence electrons. The number of anilines is 1. The number of nitrogen functional groups attached to an aromatic ring is 1. The number of halogens is 2. The van der Waals surface area contributed by atoms with Gasteiger partial charge in [-0.2, -0.15) is 0 Å². The lowest BCUT2D eigenvalue weighted by Gasteiger charge is -1.96. The largest absolute Gasteiger partial charge is 0.374 e. The summed E-state index contributed by atoms with van der Waals surface area (Å²) >= 11 is 4.43. The van der Waals surface area contributed by atoms with Crippen LogP contribution in [0.5, 0.6) is 0 Å². The van der Waals surface area contributed by atoms with Crippen molar-refractivity contribution in [3.8, 4) is 10.6 Å². The van der Waals surface area contributed by atoms with E-state index >= 15 is 0 Å². The van der Waals surface area contributed by atoms with Crippen LogP contribution in [0.25, 0.3) is 10.6 Å². The molecule has 1 aromatic carbocycles. The van der Waals surface area contributed by atoms with Crippen molar-refractivity contribution in [2.24, 2.45) is 0 Å². The predicted octanol–water partition coefficient (Wildman–Crippen LogP) is 2.69. The molecule has 0 atom stereocenters. The summed E-state index contributed by atoms with van der Waals surface area (Å²) in [6.07, 6.45) is 0. The van der Waals surface area contributed by atoms with Gasteiger partial charge in [0.05, 0.1) is 0 Å². The van der Waals surface area contributed by atoms with E-state index in [0.717, 1.165) is 0 Å². The molecule has 2 rings (SSSR count). The molecule has 2 aromatic rings. The summed E-state index contributed by atoms with van der Waals surface area (Å²) in [6.45, 7) is 0. The van der Waals surface area contributed by atoms with Gasteiger partial charge >= 0.3 is 0 Å². The summed E-state index contributed by atoms with van der Waals surface area (Å²) in [5.74, 6) is -0.317. The Morgan fingerprint density at radius 2 is 2.07 bits per heavy atom. The van der Waals surface area contributed by atoms with Gasteiger partial charge < -0.3 is 5.73 Å². The summed E-state index contributed by atoms with van der Waals surface area (Å²) in [7, 11) is 0. The molecule has 0 spiro atoms. The predicted molar refractivity (Wildman–Crippen MR) is 57.4 cm³/mol. The minimum atomic E-state index is -0.317. The number of rotatable bonds is 1. The quantitative estimate of drug-likeness (QED) is 0.869. The number of nitrogens with zero attached hydrogens (tertiary/aromatic N) is 2. The number of aromatic nitrogens is 2. The Bertz CT molecular complexity index is 451. The van der Waals surface area contributed by atoms with E-state index in [4.69, 9.17) is 5.73 Å². The van der Waals surface area contributed by atoms with Crippen LogP contribution in [0.4, 0.5) is 9.52 Å². The standard InChI is InChI=1S/C8H5BrFN3S/c9-5-1-4(2-6(10)3-5)7-12-13-8(11)14-7/h1-3H,(H2,11,13). The third-order valence-electron chi connectivity index (χ3n) is 1.55. The molecule has 0 unspecified atom stereocenters. The zero-order chi connectivity index (χ0) is 10.1. The maximum Gasteiger partial charge on any atom is 0.203 e. The maximum absolute atomic E-state index is 13.0. The van der Waals surface area contributed by atoms with Gasteiger partial charge in [-0.25, -0.2) is 4.39 Å². The first-order valence-electron chi connectivity index (χ1n) is 3.70. The Morgan fingerprint density at radius 3 is 2.64 bits per heavy atom. The Balaban J connectivity index is 2.51. The average Bonchev–Trinajstić information content (AvgIpc) is 2.50. The van der Waals surface area contributed by atoms with Crippen molar-refractivity contribution in [1.29, 1.82) is 0 Å². The fourth-order valence-corrected chi connectivity index (χ4v) is 2.09. The van der Waals surface area contributed by atoms with Gasteiger partial charge in [0.15, 0.2) is 0 Å². The molecule has 0 fully saturated rings. The normalized spacial score (nSPS) is 10.4. The van der Waals surface area contributed by atoms with E-state index in [-0.39, 0.29) is 5.82 Å². The van der Waals surface area contributed by atoms with Gasteiger partial charge in [0, 0.05) is 10.0 Å². The summed E-state index contributed by atoms with van der Waals surface area (Å²) in [4.78, 5) is 0. The molecule has 0 saturated heterocycles. The molecule has 0 aliphatic carbocycles. The van der Waals surface area contributed by atoms with Gasteiger partial charge in [0.2, 0.25) is 5.13 Å². The third kappa shape index (κ3) is 1.91. The molecule has 0 bridgehead atoms. The Hall–Kier alpha value is -1.01. The van der Waals surface area contributed by atoms with Crippen molar-refractivity contribution < 1.29 is 4.39 Å². The highest BCUT2D eigenvalue weighted by Crippen LogP contribution is 2.27. The van der Waals surface area contributed by atoms with E-state index in [1.807, 2.05) is 0 Å². The Kier molecular flexibility index (Phi) is 2.47. The topological polar surface area (TPSA) is 51.8 Å². The smallest absolute Gasteiger partial charge is 0.203 e. The van der Waals surface area contributed by atoms with E-state index in [0.29, 0.717) is 20.2 Å². The molecule has 3 nitrogen and oxygen atoms in total. The summed E-state index contributed by atoms with van der Waals surface area (Å²) in [5.41, 5.74) is 6.10. The molecule has 0 aliphatic heterocycles. The first-order chi connectivity index (χ1) is 6.65. The second-order valence-electron chi connectivity index (χ2n) is 2.60. The molecule has 0 saturated carbocycles. The number of hydrogen-bond donors (Lipinski definition) is 1. The van der Waals surface area contributed by atoms with E-state index in [2.05, 4.69) is 26.1 Å². The van der Waals surface area contributed by atoms with Crippen molar-refractivity contribution in [2.75, 3.05) is 5.73 Å². The molecule has 6 heteroatoms. The lowest BCUT2D eigenvalue weighted by molar-refractivity contribution is 0.627. The molecule has 1 heterocycles. The van der Waals surface area contributed by atoms with E-state index in [1.54, 1.807) is 6.07 Å². The monoisotopic (exact) mass is 273 g/mol. The third-order valence-corrected chi connectivity index (χ3v) is 2.81. The molecule has 2 N–H and O–H groups in total. The van der Waals surface area contributed by atoms with E-state index in [1.165, 1.54) is 23.5 Å². The molecule has 1 aromatic heterocycles. The van der Waals surface area contributed by atoms with Crippen LogP contribution in [0.3, 0.4) is 0 Å². The minimum Gasteiger partial charge on any atom is -0.374 e. The first kappa shape index (κ1) is 9.54. The molecule has 0 radical (unpaired) electrons. The highest BCUT2D eigenvalue weighted by atomic mass is 79.9. The van der Waals surface area contributed by atoms with Gasteiger partial charge in [-0.3, -0.25) is 0 Å². The van der Waals surface area contributed by atoms with Crippen LogP contribution in [-0.4, -0.2) is 10.2 Å². The Morgan fingerprint density at radius 1 is 1.29 bits per heavy atom. The minimum absolute atomic E-state index is 0.317. The van der Waals surface area contributed by atoms with E-state index in [9.17, 15) is 4.39 Å². The summed E-state index contributed by atoms with van der Waals surface area (Å²) in [5, 5.41) is 8.47.